The Hall–Kier alpha value is -0.470. The maximum Gasteiger partial charge on any atom is 0.0207 e. The first-order valence-electron chi connectivity index (χ1n) is 6.12. The van der Waals surface area contributed by atoms with Gasteiger partial charge in [0.2, 0.25) is 0 Å². The first-order chi connectivity index (χ1) is 7.76. The molecule has 1 aromatic carbocycles. The van der Waals surface area contributed by atoms with Crippen LogP contribution < -0.4 is 5.32 Å². The van der Waals surface area contributed by atoms with Crippen molar-refractivity contribution in [3.05, 3.63) is 29.8 Å². The summed E-state index contributed by atoms with van der Waals surface area (Å²) in [6.45, 7) is 5.50. The van der Waals surface area contributed by atoms with E-state index in [1.165, 1.54) is 29.7 Å². The van der Waals surface area contributed by atoms with Crippen LogP contribution >= 0.6 is 11.8 Å². The SMILES string of the molecule is CCCCC(C)NCc1ccc(SC)cc1. The standard InChI is InChI=1S/C14H23NS/c1-4-5-6-12(2)15-11-13-7-9-14(16-3)10-8-13/h7-10,12,15H,4-6,11H2,1-3H3. The number of hydrogen-bond acceptors (Lipinski definition) is 2. The Morgan fingerprint density at radius 1 is 1.25 bits per heavy atom. The zero-order valence-electron chi connectivity index (χ0n) is 10.6. The van der Waals surface area contributed by atoms with Gasteiger partial charge in [0.05, 0.1) is 0 Å². The molecule has 0 amide bonds. The van der Waals surface area contributed by atoms with Crippen molar-refractivity contribution in [2.24, 2.45) is 0 Å². The van der Waals surface area contributed by atoms with Gasteiger partial charge in [0.1, 0.15) is 0 Å². The first-order valence-corrected chi connectivity index (χ1v) is 7.35. The molecule has 0 radical (unpaired) electrons. The zero-order valence-corrected chi connectivity index (χ0v) is 11.4. The summed E-state index contributed by atoms with van der Waals surface area (Å²) >= 11 is 1.79. The number of hydrogen-bond donors (Lipinski definition) is 1. The van der Waals surface area contributed by atoms with Gasteiger partial charge in [-0.2, -0.15) is 0 Å². The highest BCUT2D eigenvalue weighted by molar-refractivity contribution is 7.98. The molecule has 1 unspecified atom stereocenters. The summed E-state index contributed by atoms with van der Waals surface area (Å²) in [7, 11) is 0. The van der Waals surface area contributed by atoms with Crippen molar-refractivity contribution in [1.29, 1.82) is 0 Å². The van der Waals surface area contributed by atoms with E-state index in [1.807, 2.05) is 0 Å². The van der Waals surface area contributed by atoms with E-state index in [4.69, 9.17) is 0 Å². The van der Waals surface area contributed by atoms with Gasteiger partial charge in [-0.05, 0) is 37.3 Å². The van der Waals surface area contributed by atoms with E-state index in [2.05, 4.69) is 49.7 Å². The van der Waals surface area contributed by atoms with Crippen molar-refractivity contribution in [1.82, 2.24) is 5.32 Å². The third-order valence-corrected chi connectivity index (χ3v) is 3.55. The molecule has 0 spiro atoms. The lowest BCUT2D eigenvalue weighted by atomic mass is 10.1. The summed E-state index contributed by atoms with van der Waals surface area (Å²) in [5, 5.41) is 3.56. The van der Waals surface area contributed by atoms with Crippen molar-refractivity contribution < 1.29 is 0 Å². The average molecular weight is 237 g/mol. The lowest BCUT2D eigenvalue weighted by molar-refractivity contribution is 0.495. The van der Waals surface area contributed by atoms with Gasteiger partial charge < -0.3 is 5.32 Å². The fraction of sp³-hybridized carbons (Fsp3) is 0.571. The second-order valence-electron chi connectivity index (χ2n) is 4.27. The fourth-order valence-electron chi connectivity index (χ4n) is 1.65. The summed E-state index contributed by atoms with van der Waals surface area (Å²) in [4.78, 5) is 1.34. The molecule has 1 atom stereocenters. The van der Waals surface area contributed by atoms with E-state index in [9.17, 15) is 0 Å². The minimum Gasteiger partial charge on any atom is -0.310 e. The van der Waals surface area contributed by atoms with Gasteiger partial charge in [0, 0.05) is 17.5 Å². The molecule has 1 aromatic rings. The highest BCUT2D eigenvalue weighted by atomic mass is 32.2. The number of nitrogens with one attached hydrogen (secondary N) is 1. The quantitative estimate of drug-likeness (QED) is 0.717. The van der Waals surface area contributed by atoms with Crippen LogP contribution in [0.25, 0.3) is 0 Å². The molecule has 0 bridgehead atoms. The van der Waals surface area contributed by atoms with Gasteiger partial charge in [-0.25, -0.2) is 0 Å². The molecule has 1 rings (SSSR count). The van der Waals surface area contributed by atoms with Crippen LogP contribution in [-0.4, -0.2) is 12.3 Å². The van der Waals surface area contributed by atoms with Crippen LogP contribution in [0.15, 0.2) is 29.2 Å². The van der Waals surface area contributed by atoms with Gasteiger partial charge >= 0.3 is 0 Å². The Kier molecular flexibility index (Phi) is 6.58. The van der Waals surface area contributed by atoms with Crippen LogP contribution in [0.5, 0.6) is 0 Å². The Balaban J connectivity index is 2.30. The largest absolute Gasteiger partial charge is 0.310 e. The monoisotopic (exact) mass is 237 g/mol. The Labute approximate surface area is 104 Å². The molecule has 0 aromatic heterocycles. The summed E-state index contributed by atoms with van der Waals surface area (Å²) < 4.78 is 0. The Bertz CT molecular complexity index is 281. The smallest absolute Gasteiger partial charge is 0.0207 e. The second-order valence-corrected chi connectivity index (χ2v) is 5.15. The summed E-state index contributed by atoms with van der Waals surface area (Å²) in [6.07, 6.45) is 5.99. The van der Waals surface area contributed by atoms with E-state index in [0.29, 0.717) is 6.04 Å². The maximum atomic E-state index is 3.56. The molecule has 90 valence electrons. The van der Waals surface area contributed by atoms with Crippen molar-refractivity contribution in [2.75, 3.05) is 6.26 Å². The van der Waals surface area contributed by atoms with Crippen LogP contribution in [0.2, 0.25) is 0 Å². The molecule has 2 heteroatoms. The average Bonchev–Trinajstić information content (AvgIpc) is 2.34. The Morgan fingerprint density at radius 3 is 2.50 bits per heavy atom. The molecule has 0 aliphatic heterocycles. The molecule has 1 nitrogen and oxygen atoms in total. The minimum atomic E-state index is 0.625. The number of rotatable bonds is 7. The zero-order chi connectivity index (χ0) is 11.8. The van der Waals surface area contributed by atoms with Gasteiger partial charge in [-0.15, -0.1) is 11.8 Å². The van der Waals surface area contributed by atoms with Crippen LogP contribution in [0.4, 0.5) is 0 Å². The number of benzene rings is 1. The second kappa shape index (κ2) is 7.75. The fourth-order valence-corrected chi connectivity index (χ4v) is 2.06. The third kappa shape index (κ3) is 5.04. The van der Waals surface area contributed by atoms with Crippen molar-refractivity contribution in [3.63, 3.8) is 0 Å². The van der Waals surface area contributed by atoms with Gasteiger partial charge in [-0.3, -0.25) is 0 Å². The predicted octanol–water partition coefficient (Wildman–Crippen LogP) is 4.08. The molecular formula is C14H23NS. The van der Waals surface area contributed by atoms with Crippen LogP contribution in [0.3, 0.4) is 0 Å². The van der Waals surface area contributed by atoms with E-state index < -0.39 is 0 Å². The Morgan fingerprint density at radius 2 is 1.94 bits per heavy atom. The van der Waals surface area contributed by atoms with Crippen molar-refractivity contribution in [2.45, 2.75) is 50.6 Å². The number of thioether (sulfide) groups is 1. The van der Waals surface area contributed by atoms with E-state index in [0.717, 1.165) is 6.54 Å². The topological polar surface area (TPSA) is 12.0 Å². The van der Waals surface area contributed by atoms with Crippen LogP contribution in [0, 0.1) is 0 Å². The van der Waals surface area contributed by atoms with E-state index in [-0.39, 0.29) is 0 Å². The maximum absolute atomic E-state index is 3.56. The van der Waals surface area contributed by atoms with E-state index >= 15 is 0 Å². The summed E-state index contributed by atoms with van der Waals surface area (Å²) in [5.74, 6) is 0. The summed E-state index contributed by atoms with van der Waals surface area (Å²) in [6, 6.07) is 9.44. The highest BCUT2D eigenvalue weighted by Crippen LogP contribution is 2.14. The first kappa shape index (κ1) is 13.6. The highest BCUT2D eigenvalue weighted by Gasteiger charge is 2.00. The molecule has 0 saturated carbocycles. The molecule has 16 heavy (non-hydrogen) atoms. The van der Waals surface area contributed by atoms with Gasteiger partial charge in [0.15, 0.2) is 0 Å². The molecular weight excluding hydrogens is 214 g/mol. The molecule has 0 saturated heterocycles. The van der Waals surface area contributed by atoms with Gasteiger partial charge in [0.25, 0.3) is 0 Å². The normalized spacial score (nSPS) is 12.7. The van der Waals surface area contributed by atoms with Crippen LogP contribution in [-0.2, 0) is 6.54 Å². The van der Waals surface area contributed by atoms with Gasteiger partial charge in [-0.1, -0.05) is 31.9 Å². The molecule has 0 heterocycles. The van der Waals surface area contributed by atoms with Crippen LogP contribution in [0.1, 0.15) is 38.7 Å². The molecule has 0 aliphatic carbocycles. The number of unbranched alkanes of at least 4 members (excludes halogenated alkanes) is 1. The molecule has 0 aliphatic rings. The predicted molar refractivity (Wildman–Crippen MR) is 74.0 cm³/mol. The third-order valence-electron chi connectivity index (χ3n) is 2.80. The lowest BCUT2D eigenvalue weighted by Crippen LogP contribution is -2.25. The molecule has 1 N–H and O–H groups in total. The lowest BCUT2D eigenvalue weighted by Gasteiger charge is -2.13. The molecule has 0 fully saturated rings. The van der Waals surface area contributed by atoms with Crippen molar-refractivity contribution in [3.8, 4) is 0 Å². The van der Waals surface area contributed by atoms with E-state index in [1.54, 1.807) is 11.8 Å². The van der Waals surface area contributed by atoms with Crippen molar-refractivity contribution >= 4 is 11.8 Å². The summed E-state index contributed by atoms with van der Waals surface area (Å²) in [5.41, 5.74) is 1.38. The minimum absolute atomic E-state index is 0.625.